The highest BCUT2D eigenvalue weighted by Crippen LogP contribution is 2.30. The average molecular weight is 227 g/mol. The maximum atomic E-state index is 11.9. The van der Waals surface area contributed by atoms with Crippen LogP contribution < -0.4 is 5.32 Å². The fraction of sp³-hybridized carbons (Fsp3) is 0.923. The number of carbonyl (C=O) groups is 1. The van der Waals surface area contributed by atoms with E-state index < -0.39 is 5.60 Å². The molecule has 1 atom stereocenters. The van der Waals surface area contributed by atoms with Crippen LogP contribution in [0.15, 0.2) is 0 Å². The molecule has 2 N–H and O–H groups in total. The normalized spacial score (nSPS) is 20.3. The lowest BCUT2D eigenvalue weighted by Gasteiger charge is -2.37. The zero-order chi connectivity index (χ0) is 12.2. The zero-order valence-electron chi connectivity index (χ0n) is 10.8. The van der Waals surface area contributed by atoms with E-state index in [1.54, 1.807) is 0 Å². The van der Waals surface area contributed by atoms with Crippen molar-refractivity contribution in [2.45, 2.75) is 58.5 Å². The lowest BCUT2D eigenvalue weighted by Crippen LogP contribution is -2.49. The summed E-state index contributed by atoms with van der Waals surface area (Å²) in [5.41, 5.74) is -0.608. The Bertz CT molecular complexity index is 234. The van der Waals surface area contributed by atoms with E-state index in [9.17, 15) is 9.90 Å². The topological polar surface area (TPSA) is 49.3 Å². The van der Waals surface area contributed by atoms with Crippen molar-refractivity contribution in [3.8, 4) is 0 Å². The summed E-state index contributed by atoms with van der Waals surface area (Å²) in [4.78, 5) is 11.9. The molecular weight excluding hydrogens is 202 g/mol. The van der Waals surface area contributed by atoms with E-state index in [-0.39, 0.29) is 11.8 Å². The maximum absolute atomic E-state index is 11.9. The van der Waals surface area contributed by atoms with Crippen molar-refractivity contribution < 1.29 is 9.90 Å². The molecule has 1 aliphatic rings. The van der Waals surface area contributed by atoms with Gasteiger partial charge in [-0.15, -0.1) is 0 Å². The predicted molar refractivity (Wildman–Crippen MR) is 65.0 cm³/mol. The Balaban J connectivity index is 2.36. The Morgan fingerprint density at radius 3 is 2.44 bits per heavy atom. The number of amides is 1. The number of rotatable bonds is 6. The molecule has 1 amide bonds. The molecule has 16 heavy (non-hydrogen) atoms. The summed E-state index contributed by atoms with van der Waals surface area (Å²) < 4.78 is 0. The quantitative estimate of drug-likeness (QED) is 0.730. The summed E-state index contributed by atoms with van der Waals surface area (Å²) in [7, 11) is 0. The zero-order valence-corrected chi connectivity index (χ0v) is 10.8. The van der Waals surface area contributed by atoms with Crippen LogP contribution in [0.3, 0.4) is 0 Å². The standard InChI is InChI=1S/C13H25NO2/c1-4-6-11(10(2)3)12(15)14-9-13(16)7-5-8-13/h10-11,16H,4-9H2,1-3H3,(H,14,15). The first-order chi connectivity index (χ1) is 7.48. The molecule has 0 spiro atoms. The molecule has 1 fully saturated rings. The van der Waals surface area contributed by atoms with Gasteiger partial charge in [0.05, 0.1) is 5.60 Å². The molecule has 94 valence electrons. The Morgan fingerprint density at radius 2 is 2.06 bits per heavy atom. The van der Waals surface area contributed by atoms with Gasteiger partial charge in [0.2, 0.25) is 5.91 Å². The predicted octanol–water partition coefficient (Wildman–Crippen LogP) is 2.09. The summed E-state index contributed by atoms with van der Waals surface area (Å²) in [5, 5.41) is 12.8. The van der Waals surface area contributed by atoms with Crippen LogP contribution in [0.1, 0.15) is 52.9 Å². The van der Waals surface area contributed by atoms with E-state index in [1.807, 2.05) is 0 Å². The summed E-state index contributed by atoms with van der Waals surface area (Å²) in [6.45, 7) is 6.69. The van der Waals surface area contributed by atoms with Gasteiger partial charge in [-0.3, -0.25) is 4.79 Å². The third kappa shape index (κ3) is 3.48. The van der Waals surface area contributed by atoms with Crippen molar-refractivity contribution in [2.24, 2.45) is 11.8 Å². The van der Waals surface area contributed by atoms with Gasteiger partial charge in [0.15, 0.2) is 0 Å². The Morgan fingerprint density at radius 1 is 1.44 bits per heavy atom. The molecule has 3 nitrogen and oxygen atoms in total. The highest BCUT2D eigenvalue weighted by molar-refractivity contribution is 5.78. The van der Waals surface area contributed by atoms with Crippen LogP contribution >= 0.6 is 0 Å². The Hall–Kier alpha value is -0.570. The second-order valence-corrected chi connectivity index (χ2v) is 5.43. The lowest BCUT2D eigenvalue weighted by atomic mass is 9.80. The molecule has 1 rings (SSSR count). The SMILES string of the molecule is CCCC(C(=O)NCC1(O)CCC1)C(C)C. The molecule has 1 aliphatic carbocycles. The second-order valence-electron chi connectivity index (χ2n) is 5.43. The number of aliphatic hydroxyl groups is 1. The van der Waals surface area contributed by atoms with Crippen LogP contribution in [-0.4, -0.2) is 23.2 Å². The largest absolute Gasteiger partial charge is 0.388 e. The third-order valence-corrected chi connectivity index (χ3v) is 3.62. The Kier molecular flexibility index (Phi) is 4.78. The van der Waals surface area contributed by atoms with Gasteiger partial charge in [0.25, 0.3) is 0 Å². The van der Waals surface area contributed by atoms with Gasteiger partial charge in [-0.1, -0.05) is 27.2 Å². The summed E-state index contributed by atoms with van der Waals surface area (Å²) in [6.07, 6.45) is 4.69. The molecule has 0 heterocycles. The molecule has 1 saturated carbocycles. The molecule has 0 saturated heterocycles. The van der Waals surface area contributed by atoms with Crippen LogP contribution in [-0.2, 0) is 4.79 Å². The molecule has 0 aliphatic heterocycles. The van der Waals surface area contributed by atoms with Crippen molar-refractivity contribution in [2.75, 3.05) is 6.54 Å². The first-order valence-corrected chi connectivity index (χ1v) is 6.48. The molecule has 0 aromatic rings. The van der Waals surface area contributed by atoms with E-state index in [2.05, 4.69) is 26.1 Å². The number of hydrogen-bond acceptors (Lipinski definition) is 2. The van der Waals surface area contributed by atoms with Crippen molar-refractivity contribution in [1.29, 1.82) is 0 Å². The van der Waals surface area contributed by atoms with Crippen molar-refractivity contribution in [1.82, 2.24) is 5.32 Å². The van der Waals surface area contributed by atoms with Crippen LogP contribution in [0.2, 0.25) is 0 Å². The van der Waals surface area contributed by atoms with Crippen LogP contribution in [0, 0.1) is 11.8 Å². The molecule has 0 radical (unpaired) electrons. The van der Waals surface area contributed by atoms with Gasteiger partial charge in [0.1, 0.15) is 0 Å². The average Bonchev–Trinajstić information content (AvgIpc) is 2.19. The molecule has 0 bridgehead atoms. The van der Waals surface area contributed by atoms with Gasteiger partial charge < -0.3 is 10.4 Å². The molecular formula is C13H25NO2. The first kappa shape index (κ1) is 13.5. The molecule has 0 aromatic carbocycles. The maximum Gasteiger partial charge on any atom is 0.223 e. The van der Waals surface area contributed by atoms with Crippen molar-refractivity contribution >= 4 is 5.91 Å². The highest BCUT2D eigenvalue weighted by atomic mass is 16.3. The van der Waals surface area contributed by atoms with Crippen LogP contribution in [0.25, 0.3) is 0 Å². The van der Waals surface area contributed by atoms with Gasteiger partial charge in [-0.2, -0.15) is 0 Å². The van der Waals surface area contributed by atoms with E-state index in [0.717, 1.165) is 32.1 Å². The van der Waals surface area contributed by atoms with Crippen molar-refractivity contribution in [3.05, 3.63) is 0 Å². The number of nitrogens with one attached hydrogen (secondary N) is 1. The van der Waals surface area contributed by atoms with E-state index >= 15 is 0 Å². The second kappa shape index (κ2) is 5.67. The smallest absolute Gasteiger partial charge is 0.223 e. The summed E-state index contributed by atoms with van der Waals surface area (Å²) in [6, 6.07) is 0. The monoisotopic (exact) mass is 227 g/mol. The van der Waals surface area contributed by atoms with Crippen LogP contribution in [0.5, 0.6) is 0 Å². The third-order valence-electron chi connectivity index (χ3n) is 3.62. The van der Waals surface area contributed by atoms with Gasteiger partial charge in [-0.05, 0) is 31.6 Å². The van der Waals surface area contributed by atoms with Gasteiger partial charge in [-0.25, -0.2) is 0 Å². The minimum absolute atomic E-state index is 0.0914. The molecule has 3 heteroatoms. The molecule has 1 unspecified atom stereocenters. The van der Waals surface area contributed by atoms with Gasteiger partial charge >= 0.3 is 0 Å². The fourth-order valence-electron chi connectivity index (χ4n) is 2.22. The summed E-state index contributed by atoms with van der Waals surface area (Å²) >= 11 is 0. The minimum atomic E-state index is -0.608. The van der Waals surface area contributed by atoms with Crippen LogP contribution in [0.4, 0.5) is 0 Å². The van der Waals surface area contributed by atoms with Gasteiger partial charge in [0, 0.05) is 12.5 Å². The van der Waals surface area contributed by atoms with Crippen molar-refractivity contribution in [3.63, 3.8) is 0 Å². The highest BCUT2D eigenvalue weighted by Gasteiger charge is 2.35. The number of carbonyl (C=O) groups excluding carboxylic acids is 1. The Labute approximate surface area is 98.6 Å². The van der Waals surface area contributed by atoms with E-state index in [1.165, 1.54) is 0 Å². The first-order valence-electron chi connectivity index (χ1n) is 6.48. The van der Waals surface area contributed by atoms with E-state index in [0.29, 0.717) is 12.5 Å². The summed E-state index contributed by atoms with van der Waals surface area (Å²) in [5.74, 6) is 0.571. The minimum Gasteiger partial charge on any atom is -0.388 e. The number of hydrogen-bond donors (Lipinski definition) is 2. The fourth-order valence-corrected chi connectivity index (χ4v) is 2.22. The lowest BCUT2D eigenvalue weighted by molar-refractivity contribution is -0.129. The molecule has 0 aromatic heterocycles. The van der Waals surface area contributed by atoms with E-state index in [4.69, 9.17) is 0 Å².